The average molecular weight is 275 g/mol. The molecule has 2 rings (SSSR count). The number of aryl methyl sites for hydroxylation is 2. The van der Waals surface area contributed by atoms with E-state index in [-0.39, 0.29) is 6.04 Å². The normalized spacial score (nSPS) is 12.2. The number of aromatic nitrogens is 2. The molecule has 1 atom stereocenters. The first kappa shape index (κ1) is 14.3. The predicted molar refractivity (Wildman–Crippen MR) is 79.3 cm³/mol. The molecule has 20 heavy (non-hydrogen) atoms. The fourth-order valence-corrected chi connectivity index (χ4v) is 1.96. The van der Waals surface area contributed by atoms with Crippen LogP contribution in [0.15, 0.2) is 22.6 Å². The lowest BCUT2D eigenvalue weighted by molar-refractivity contribution is 0.466. The van der Waals surface area contributed by atoms with E-state index in [4.69, 9.17) is 10.3 Å². The Balaban J connectivity index is 2.17. The van der Waals surface area contributed by atoms with E-state index >= 15 is 0 Å². The molecule has 2 heterocycles. The molecule has 0 fully saturated rings. The van der Waals surface area contributed by atoms with Gasteiger partial charge in [-0.1, -0.05) is 6.92 Å². The molecular weight excluding hydrogens is 254 g/mol. The van der Waals surface area contributed by atoms with Crippen LogP contribution in [0.4, 0.5) is 11.6 Å². The summed E-state index contributed by atoms with van der Waals surface area (Å²) in [6.07, 6.45) is 1.80. The smallest absolute Gasteiger partial charge is 0.145 e. The minimum absolute atomic E-state index is 0.0266. The maximum Gasteiger partial charge on any atom is 0.145 e. The summed E-state index contributed by atoms with van der Waals surface area (Å²) in [5.74, 6) is 9.32. The predicted octanol–water partition coefficient (Wildman–Crippen LogP) is 2.79. The van der Waals surface area contributed by atoms with Crippen molar-refractivity contribution in [3.05, 3.63) is 35.5 Å². The Hall–Kier alpha value is -2.08. The van der Waals surface area contributed by atoms with Crippen LogP contribution in [0, 0.1) is 6.92 Å². The van der Waals surface area contributed by atoms with Gasteiger partial charge in [0.05, 0.1) is 6.04 Å². The zero-order valence-corrected chi connectivity index (χ0v) is 12.1. The van der Waals surface area contributed by atoms with Crippen LogP contribution in [-0.4, -0.2) is 9.97 Å². The second-order valence-electron chi connectivity index (χ2n) is 4.76. The van der Waals surface area contributed by atoms with Gasteiger partial charge in [-0.2, -0.15) is 0 Å². The number of nitrogens with two attached hydrogens (primary N) is 1. The SMILES string of the molecule is CCCc1nc(NN)cc(NC(C)c2ccc(C)o2)n1. The molecule has 0 aromatic carbocycles. The molecule has 108 valence electrons. The van der Waals surface area contributed by atoms with E-state index in [1.165, 1.54) is 0 Å². The highest BCUT2D eigenvalue weighted by molar-refractivity contribution is 5.47. The standard InChI is InChI=1S/C14H21N5O/c1-4-5-12-17-13(8-14(18-12)19-15)16-10(3)11-7-6-9(2)20-11/h6-8,10H,4-5,15H2,1-3H3,(H2,16,17,18,19). The number of furan rings is 1. The van der Waals surface area contributed by atoms with Crippen molar-refractivity contribution in [3.8, 4) is 0 Å². The Morgan fingerprint density at radius 3 is 2.65 bits per heavy atom. The molecule has 6 nitrogen and oxygen atoms in total. The van der Waals surface area contributed by atoms with Crippen molar-refractivity contribution in [1.82, 2.24) is 9.97 Å². The van der Waals surface area contributed by atoms with Crippen LogP contribution >= 0.6 is 0 Å². The van der Waals surface area contributed by atoms with Gasteiger partial charge in [0.25, 0.3) is 0 Å². The number of hydrogen-bond acceptors (Lipinski definition) is 6. The van der Waals surface area contributed by atoms with Gasteiger partial charge in [-0.25, -0.2) is 15.8 Å². The van der Waals surface area contributed by atoms with Gasteiger partial charge in [0.1, 0.15) is 29.0 Å². The first-order chi connectivity index (χ1) is 9.62. The van der Waals surface area contributed by atoms with E-state index in [0.29, 0.717) is 5.82 Å². The Bertz CT molecular complexity index is 566. The number of nitrogens with one attached hydrogen (secondary N) is 2. The van der Waals surface area contributed by atoms with Crippen molar-refractivity contribution in [2.24, 2.45) is 5.84 Å². The van der Waals surface area contributed by atoms with E-state index in [1.54, 1.807) is 6.07 Å². The highest BCUT2D eigenvalue weighted by Gasteiger charge is 2.11. The molecule has 0 saturated carbocycles. The molecule has 0 aliphatic carbocycles. The Morgan fingerprint density at radius 1 is 1.30 bits per heavy atom. The summed E-state index contributed by atoms with van der Waals surface area (Å²) in [4.78, 5) is 8.80. The quantitative estimate of drug-likeness (QED) is 0.555. The molecule has 1 unspecified atom stereocenters. The molecule has 0 radical (unpaired) electrons. The van der Waals surface area contributed by atoms with Crippen molar-refractivity contribution in [3.63, 3.8) is 0 Å². The summed E-state index contributed by atoms with van der Waals surface area (Å²) in [6.45, 7) is 6.04. The second-order valence-corrected chi connectivity index (χ2v) is 4.76. The largest absolute Gasteiger partial charge is 0.464 e. The van der Waals surface area contributed by atoms with Gasteiger partial charge < -0.3 is 15.2 Å². The number of rotatable bonds is 6. The fraction of sp³-hybridized carbons (Fsp3) is 0.429. The van der Waals surface area contributed by atoms with Gasteiger partial charge in [0.2, 0.25) is 0 Å². The van der Waals surface area contributed by atoms with Gasteiger partial charge in [0.15, 0.2) is 0 Å². The molecule has 0 amide bonds. The van der Waals surface area contributed by atoms with Gasteiger partial charge in [-0.15, -0.1) is 0 Å². The van der Waals surface area contributed by atoms with Crippen molar-refractivity contribution in [2.75, 3.05) is 10.7 Å². The van der Waals surface area contributed by atoms with Crippen LogP contribution in [-0.2, 0) is 6.42 Å². The Morgan fingerprint density at radius 2 is 2.05 bits per heavy atom. The first-order valence-corrected chi connectivity index (χ1v) is 6.79. The molecule has 0 spiro atoms. The fourth-order valence-electron chi connectivity index (χ4n) is 1.96. The second kappa shape index (κ2) is 6.38. The lowest BCUT2D eigenvalue weighted by Gasteiger charge is -2.14. The summed E-state index contributed by atoms with van der Waals surface area (Å²) < 4.78 is 5.61. The first-order valence-electron chi connectivity index (χ1n) is 6.79. The molecule has 0 saturated heterocycles. The van der Waals surface area contributed by atoms with Gasteiger partial charge in [-0.3, -0.25) is 0 Å². The van der Waals surface area contributed by atoms with Gasteiger partial charge in [0, 0.05) is 12.5 Å². The highest BCUT2D eigenvalue weighted by atomic mass is 16.3. The van der Waals surface area contributed by atoms with Crippen LogP contribution in [0.2, 0.25) is 0 Å². The molecule has 0 bridgehead atoms. The van der Waals surface area contributed by atoms with Crippen molar-refractivity contribution in [2.45, 2.75) is 39.7 Å². The third kappa shape index (κ3) is 3.48. The summed E-state index contributed by atoms with van der Waals surface area (Å²) in [5, 5.41) is 3.30. The molecule has 6 heteroatoms. The van der Waals surface area contributed by atoms with E-state index in [9.17, 15) is 0 Å². The maximum atomic E-state index is 5.61. The number of nitrogen functional groups attached to an aromatic ring is 1. The summed E-state index contributed by atoms with van der Waals surface area (Å²) >= 11 is 0. The molecule has 2 aromatic rings. The zero-order chi connectivity index (χ0) is 14.5. The van der Waals surface area contributed by atoms with E-state index < -0.39 is 0 Å². The Labute approximate surface area is 118 Å². The minimum atomic E-state index is 0.0266. The zero-order valence-electron chi connectivity index (χ0n) is 12.1. The molecule has 0 aliphatic heterocycles. The van der Waals surface area contributed by atoms with Crippen LogP contribution in [0.25, 0.3) is 0 Å². The molecule has 2 aromatic heterocycles. The third-order valence-corrected chi connectivity index (χ3v) is 2.95. The number of nitrogens with zero attached hydrogens (tertiary/aromatic N) is 2. The average Bonchev–Trinajstić information content (AvgIpc) is 2.85. The topological polar surface area (TPSA) is 89.0 Å². The lowest BCUT2D eigenvalue weighted by Crippen LogP contribution is -2.13. The van der Waals surface area contributed by atoms with E-state index in [2.05, 4.69) is 27.6 Å². The number of hydrazine groups is 1. The Kier molecular flexibility index (Phi) is 4.57. The number of anilines is 2. The van der Waals surface area contributed by atoms with Crippen LogP contribution < -0.4 is 16.6 Å². The van der Waals surface area contributed by atoms with Crippen LogP contribution in [0.5, 0.6) is 0 Å². The highest BCUT2D eigenvalue weighted by Crippen LogP contribution is 2.21. The summed E-state index contributed by atoms with van der Waals surface area (Å²) in [5.41, 5.74) is 2.57. The summed E-state index contributed by atoms with van der Waals surface area (Å²) in [7, 11) is 0. The lowest BCUT2D eigenvalue weighted by atomic mass is 10.2. The van der Waals surface area contributed by atoms with Crippen molar-refractivity contribution in [1.29, 1.82) is 0 Å². The third-order valence-electron chi connectivity index (χ3n) is 2.95. The van der Waals surface area contributed by atoms with Crippen molar-refractivity contribution < 1.29 is 4.42 Å². The van der Waals surface area contributed by atoms with Crippen molar-refractivity contribution >= 4 is 11.6 Å². The number of hydrogen-bond donors (Lipinski definition) is 3. The van der Waals surface area contributed by atoms with Gasteiger partial charge in [-0.05, 0) is 32.4 Å². The van der Waals surface area contributed by atoms with E-state index in [1.807, 2.05) is 26.0 Å². The van der Waals surface area contributed by atoms with E-state index in [0.717, 1.165) is 36.0 Å². The maximum absolute atomic E-state index is 5.61. The van der Waals surface area contributed by atoms with Crippen LogP contribution in [0.3, 0.4) is 0 Å². The molecule has 0 aliphatic rings. The van der Waals surface area contributed by atoms with Crippen LogP contribution in [0.1, 0.15) is 43.7 Å². The monoisotopic (exact) mass is 275 g/mol. The molecular formula is C14H21N5O. The minimum Gasteiger partial charge on any atom is -0.464 e. The van der Waals surface area contributed by atoms with Gasteiger partial charge >= 0.3 is 0 Å². The summed E-state index contributed by atoms with van der Waals surface area (Å²) in [6, 6.07) is 5.72. The molecule has 4 N–H and O–H groups in total.